The number of carbonyl (C=O) groups is 1. The average molecular weight is 372 g/mol. The molecule has 136 valence electrons. The molecular weight excluding hydrogens is 342 g/mol. The minimum atomic E-state index is -1.77. The van der Waals surface area contributed by atoms with Crippen LogP contribution in [0, 0.1) is 6.92 Å². The predicted octanol–water partition coefficient (Wildman–Crippen LogP) is 4.12. The number of carbonyl (C=O) groups excluding carboxylic acids is 1. The molecule has 0 unspecified atom stereocenters. The highest BCUT2D eigenvalue weighted by Gasteiger charge is 2.36. The molecule has 1 aromatic rings. The largest absolute Gasteiger partial charge is 0.490 e. The second-order valence-electron chi connectivity index (χ2n) is 7.59. The molecule has 6 heteroatoms. The monoisotopic (exact) mass is 371 g/mol. The van der Waals surface area contributed by atoms with Crippen LogP contribution in [0.3, 0.4) is 0 Å². The van der Waals surface area contributed by atoms with Gasteiger partial charge in [-0.05, 0) is 48.3 Å². The van der Waals surface area contributed by atoms with E-state index in [4.69, 9.17) is 26.5 Å². The number of ketones is 1. The van der Waals surface area contributed by atoms with E-state index in [9.17, 15) is 4.79 Å². The second-order valence-corrected chi connectivity index (χ2v) is 12.8. The number of aryl methyl sites for hydroxylation is 1. The number of hydrogen-bond acceptors (Lipinski definition) is 4. The lowest BCUT2D eigenvalue weighted by Gasteiger charge is -2.36. The maximum atomic E-state index is 11.6. The average Bonchev–Trinajstić information content (AvgIpc) is 2.46. The molecule has 0 aromatic heterocycles. The lowest BCUT2D eigenvalue weighted by Crippen LogP contribution is -2.41. The smallest absolute Gasteiger partial charge is 0.192 e. The van der Waals surface area contributed by atoms with Crippen LogP contribution in [-0.2, 0) is 15.6 Å². The molecular formula is C18H30ClNO3Si. The van der Waals surface area contributed by atoms with Crippen LogP contribution in [0.5, 0.6) is 5.75 Å². The fraction of sp³-hybridized carbons (Fsp3) is 0.611. The first-order valence-electron chi connectivity index (χ1n) is 8.25. The number of Topliss-reactive ketones (excluding diaryl/α,β-unsaturated/α-hetero) is 1. The van der Waals surface area contributed by atoms with Crippen molar-refractivity contribution in [2.45, 2.75) is 52.2 Å². The Morgan fingerprint density at radius 1 is 1.25 bits per heavy atom. The quantitative estimate of drug-likeness (QED) is 0.551. The van der Waals surface area contributed by atoms with Gasteiger partial charge in [0.1, 0.15) is 12.4 Å². The first-order chi connectivity index (χ1) is 11.0. The SMILES string of the molecule is Cc1cc(Cl)c(OCCO[Si](C)(C)C(C)(C)C)cc1CC(=O)CN. The minimum absolute atomic E-state index is 0.00682. The number of nitrogens with two attached hydrogens (primary N) is 1. The van der Waals surface area contributed by atoms with Crippen LogP contribution in [-0.4, -0.2) is 33.9 Å². The summed E-state index contributed by atoms with van der Waals surface area (Å²) in [7, 11) is -1.77. The van der Waals surface area contributed by atoms with Gasteiger partial charge in [0.2, 0.25) is 0 Å². The summed E-state index contributed by atoms with van der Waals surface area (Å²) in [6.45, 7) is 14.0. The number of hydrogen-bond donors (Lipinski definition) is 1. The van der Waals surface area contributed by atoms with E-state index in [-0.39, 0.29) is 17.4 Å². The highest BCUT2D eigenvalue weighted by Crippen LogP contribution is 2.36. The van der Waals surface area contributed by atoms with Gasteiger partial charge in [-0.1, -0.05) is 32.4 Å². The Bertz CT molecular complexity index is 582. The lowest BCUT2D eigenvalue weighted by molar-refractivity contribution is -0.117. The number of benzene rings is 1. The number of ether oxygens (including phenoxy) is 1. The van der Waals surface area contributed by atoms with Crippen molar-refractivity contribution >= 4 is 25.7 Å². The van der Waals surface area contributed by atoms with Gasteiger partial charge < -0.3 is 14.9 Å². The molecule has 0 spiro atoms. The molecule has 0 radical (unpaired) electrons. The molecule has 0 fully saturated rings. The van der Waals surface area contributed by atoms with E-state index in [1.807, 2.05) is 19.1 Å². The van der Waals surface area contributed by atoms with E-state index in [1.54, 1.807) is 0 Å². The molecule has 1 rings (SSSR count). The van der Waals surface area contributed by atoms with Crippen LogP contribution < -0.4 is 10.5 Å². The lowest BCUT2D eigenvalue weighted by atomic mass is 10.0. The molecule has 0 aliphatic rings. The zero-order valence-corrected chi connectivity index (χ0v) is 17.4. The number of halogens is 1. The third kappa shape index (κ3) is 5.88. The molecule has 0 atom stereocenters. The zero-order valence-electron chi connectivity index (χ0n) is 15.7. The zero-order chi connectivity index (χ0) is 18.5. The summed E-state index contributed by atoms with van der Waals surface area (Å²) >= 11 is 6.25. The van der Waals surface area contributed by atoms with Gasteiger partial charge in [-0.25, -0.2) is 0 Å². The number of rotatable bonds is 8. The van der Waals surface area contributed by atoms with E-state index in [1.165, 1.54) is 0 Å². The summed E-state index contributed by atoms with van der Waals surface area (Å²) < 4.78 is 11.9. The first kappa shape index (κ1) is 21.2. The van der Waals surface area contributed by atoms with Crippen molar-refractivity contribution in [1.82, 2.24) is 0 Å². The van der Waals surface area contributed by atoms with E-state index < -0.39 is 8.32 Å². The van der Waals surface area contributed by atoms with Gasteiger partial charge in [0.15, 0.2) is 14.1 Å². The first-order valence-corrected chi connectivity index (χ1v) is 11.5. The van der Waals surface area contributed by atoms with Gasteiger partial charge >= 0.3 is 0 Å². The van der Waals surface area contributed by atoms with Crippen molar-refractivity contribution in [2.75, 3.05) is 19.8 Å². The summed E-state index contributed by atoms with van der Waals surface area (Å²) in [5, 5.41) is 0.716. The Morgan fingerprint density at radius 2 is 1.88 bits per heavy atom. The van der Waals surface area contributed by atoms with E-state index in [2.05, 4.69) is 33.9 Å². The molecule has 0 aliphatic carbocycles. The maximum absolute atomic E-state index is 11.6. The third-order valence-electron chi connectivity index (χ3n) is 4.62. The summed E-state index contributed by atoms with van der Waals surface area (Å²) in [4.78, 5) is 11.6. The normalized spacial score (nSPS) is 12.3. The van der Waals surface area contributed by atoms with Crippen molar-refractivity contribution < 1.29 is 14.0 Å². The molecule has 0 amide bonds. The fourth-order valence-corrected chi connectivity index (χ4v) is 3.24. The highest BCUT2D eigenvalue weighted by atomic mass is 35.5. The molecule has 1 aromatic carbocycles. The predicted molar refractivity (Wildman–Crippen MR) is 103 cm³/mol. The topological polar surface area (TPSA) is 61.5 Å². The van der Waals surface area contributed by atoms with Crippen molar-refractivity contribution in [2.24, 2.45) is 5.73 Å². The van der Waals surface area contributed by atoms with Crippen molar-refractivity contribution in [3.05, 3.63) is 28.3 Å². The highest BCUT2D eigenvalue weighted by molar-refractivity contribution is 6.74. The van der Waals surface area contributed by atoms with Gasteiger partial charge in [0.25, 0.3) is 0 Å². The van der Waals surface area contributed by atoms with Crippen LogP contribution in [0.1, 0.15) is 31.9 Å². The van der Waals surface area contributed by atoms with Gasteiger partial charge in [0, 0.05) is 6.42 Å². The van der Waals surface area contributed by atoms with Gasteiger partial charge in [-0.2, -0.15) is 0 Å². The molecule has 2 N–H and O–H groups in total. The molecule has 24 heavy (non-hydrogen) atoms. The Balaban J connectivity index is 2.68. The standard InChI is InChI=1S/C18H30ClNO3Si/c1-13-9-16(19)17(11-14(13)10-15(21)12-20)22-7-8-23-24(5,6)18(2,3)4/h9,11H,7-8,10,12,20H2,1-6H3. The van der Waals surface area contributed by atoms with Crippen molar-refractivity contribution in [3.8, 4) is 5.75 Å². The van der Waals surface area contributed by atoms with E-state index in [0.29, 0.717) is 30.4 Å². The Morgan fingerprint density at radius 3 is 2.42 bits per heavy atom. The molecule has 0 saturated heterocycles. The van der Waals surface area contributed by atoms with Gasteiger partial charge in [-0.15, -0.1) is 0 Å². The van der Waals surface area contributed by atoms with Crippen LogP contribution in [0.2, 0.25) is 23.2 Å². The second kappa shape index (κ2) is 8.47. The third-order valence-corrected chi connectivity index (χ3v) is 9.45. The molecule has 0 heterocycles. The van der Waals surface area contributed by atoms with Crippen LogP contribution in [0.25, 0.3) is 0 Å². The van der Waals surface area contributed by atoms with Gasteiger partial charge in [-0.3, -0.25) is 4.79 Å². The van der Waals surface area contributed by atoms with Crippen molar-refractivity contribution in [1.29, 1.82) is 0 Å². The molecule has 0 bridgehead atoms. The summed E-state index contributed by atoms with van der Waals surface area (Å²) in [5.41, 5.74) is 7.26. The van der Waals surface area contributed by atoms with Crippen LogP contribution in [0.4, 0.5) is 0 Å². The molecule has 0 saturated carbocycles. The van der Waals surface area contributed by atoms with Crippen LogP contribution in [0.15, 0.2) is 12.1 Å². The summed E-state index contributed by atoms with van der Waals surface area (Å²) in [5.74, 6) is 0.577. The van der Waals surface area contributed by atoms with Gasteiger partial charge in [0.05, 0.1) is 18.2 Å². The molecule has 0 aliphatic heterocycles. The summed E-state index contributed by atoms with van der Waals surface area (Å²) in [6.07, 6.45) is 0.302. The summed E-state index contributed by atoms with van der Waals surface area (Å²) in [6, 6.07) is 3.66. The van der Waals surface area contributed by atoms with Crippen molar-refractivity contribution in [3.63, 3.8) is 0 Å². The Kier molecular flexibility index (Phi) is 7.47. The fourth-order valence-electron chi connectivity index (χ4n) is 1.95. The Hall–Kier alpha value is -0.883. The van der Waals surface area contributed by atoms with E-state index in [0.717, 1.165) is 11.1 Å². The van der Waals surface area contributed by atoms with E-state index >= 15 is 0 Å². The maximum Gasteiger partial charge on any atom is 0.192 e. The van der Waals surface area contributed by atoms with Crippen LogP contribution >= 0.6 is 11.6 Å². The molecule has 4 nitrogen and oxygen atoms in total. The minimum Gasteiger partial charge on any atom is -0.490 e. The Labute approximate surface area is 151 Å².